The molecule has 1 heterocycles. The summed E-state index contributed by atoms with van der Waals surface area (Å²) >= 11 is 0. The summed E-state index contributed by atoms with van der Waals surface area (Å²) < 4.78 is 31.5. The van der Waals surface area contributed by atoms with Crippen LogP contribution in [0.2, 0.25) is 0 Å². The van der Waals surface area contributed by atoms with Gasteiger partial charge in [-0.15, -0.1) is 6.58 Å². The molecule has 8 heteroatoms. The lowest BCUT2D eigenvalue weighted by Gasteiger charge is -2.38. The van der Waals surface area contributed by atoms with E-state index in [9.17, 15) is 18.0 Å². The molecule has 1 aliphatic rings. The smallest absolute Gasteiger partial charge is 0.338 e. The highest BCUT2D eigenvalue weighted by Crippen LogP contribution is 2.22. The minimum absolute atomic E-state index is 0.0351. The summed E-state index contributed by atoms with van der Waals surface area (Å²) in [4.78, 5) is 26.4. The van der Waals surface area contributed by atoms with Crippen molar-refractivity contribution in [2.75, 3.05) is 13.2 Å². The van der Waals surface area contributed by atoms with Crippen molar-refractivity contribution >= 4 is 21.9 Å². The van der Waals surface area contributed by atoms with Crippen molar-refractivity contribution in [3.05, 3.63) is 42.5 Å². The van der Waals surface area contributed by atoms with Gasteiger partial charge in [-0.3, -0.25) is 4.79 Å². The number of hydrogen-bond acceptors (Lipinski definition) is 5. The Morgan fingerprint density at radius 1 is 1.22 bits per heavy atom. The lowest BCUT2D eigenvalue weighted by atomic mass is 9.97. The molecule has 0 radical (unpaired) electrons. The van der Waals surface area contributed by atoms with Crippen molar-refractivity contribution in [1.82, 2.24) is 9.62 Å². The maximum Gasteiger partial charge on any atom is 0.338 e. The third kappa shape index (κ3) is 5.40. The highest BCUT2D eigenvalue weighted by atomic mass is 32.2. The molecule has 0 unspecified atom stereocenters. The minimum atomic E-state index is -3.65. The molecule has 1 amide bonds. The predicted octanol–water partition coefficient (Wildman–Crippen LogP) is 2.10. The number of benzene rings is 1. The molecule has 1 fully saturated rings. The molecule has 1 saturated heterocycles. The van der Waals surface area contributed by atoms with Crippen LogP contribution in [0.3, 0.4) is 0 Å². The average molecular weight is 394 g/mol. The predicted molar refractivity (Wildman–Crippen MR) is 102 cm³/mol. The molecule has 2 rings (SSSR count). The van der Waals surface area contributed by atoms with Crippen molar-refractivity contribution < 1.29 is 22.7 Å². The van der Waals surface area contributed by atoms with Gasteiger partial charge in [0.25, 0.3) is 5.91 Å². The van der Waals surface area contributed by atoms with E-state index in [-0.39, 0.29) is 41.6 Å². The zero-order chi connectivity index (χ0) is 20.0. The number of piperidine rings is 1. The van der Waals surface area contributed by atoms with Gasteiger partial charge >= 0.3 is 5.97 Å². The lowest BCUT2D eigenvalue weighted by Crippen LogP contribution is -2.49. The van der Waals surface area contributed by atoms with Crippen LogP contribution < -0.4 is 4.72 Å². The Kier molecular flexibility index (Phi) is 7.15. The van der Waals surface area contributed by atoms with Crippen LogP contribution in [-0.4, -0.2) is 50.4 Å². The van der Waals surface area contributed by atoms with E-state index in [1.165, 1.54) is 30.3 Å². The van der Waals surface area contributed by atoms with Gasteiger partial charge in [0.1, 0.15) is 0 Å². The van der Waals surface area contributed by atoms with E-state index < -0.39 is 16.0 Å². The summed E-state index contributed by atoms with van der Waals surface area (Å²) in [7, 11) is -3.65. The summed E-state index contributed by atoms with van der Waals surface area (Å²) in [6.45, 7) is 7.23. The number of carbonyl (C=O) groups is 2. The number of likely N-dealkylation sites (tertiary alicyclic amines) is 1. The van der Waals surface area contributed by atoms with Crippen LogP contribution in [0, 0.1) is 0 Å². The number of rotatable bonds is 7. The van der Waals surface area contributed by atoms with E-state index in [0.29, 0.717) is 0 Å². The quantitative estimate of drug-likeness (QED) is 0.565. The standard InChI is InChI=1S/C19H26N2O5S/c1-4-12-20-27(24,25)17-10-8-16(9-11-17)19(23)26-13-18(22)21-14(2)6-5-7-15(21)3/h4,8-11,14-15,20H,1,5-7,12-13H2,2-3H3/t14-,15-/m0/s1. The van der Waals surface area contributed by atoms with Crippen molar-refractivity contribution in [1.29, 1.82) is 0 Å². The first-order valence-electron chi connectivity index (χ1n) is 8.95. The van der Waals surface area contributed by atoms with E-state index in [2.05, 4.69) is 11.3 Å². The summed E-state index contributed by atoms with van der Waals surface area (Å²) in [6.07, 6.45) is 4.41. The summed E-state index contributed by atoms with van der Waals surface area (Å²) in [6, 6.07) is 5.63. The van der Waals surface area contributed by atoms with E-state index in [0.717, 1.165) is 19.3 Å². The van der Waals surface area contributed by atoms with Crippen LogP contribution in [-0.2, 0) is 19.6 Å². The van der Waals surface area contributed by atoms with Crippen LogP contribution in [0.1, 0.15) is 43.5 Å². The van der Waals surface area contributed by atoms with Crippen LogP contribution in [0.25, 0.3) is 0 Å². The molecule has 27 heavy (non-hydrogen) atoms. The molecule has 1 aliphatic heterocycles. The summed E-state index contributed by atoms with van der Waals surface area (Å²) in [5.74, 6) is -0.875. The molecule has 0 spiro atoms. The number of nitrogens with one attached hydrogen (secondary N) is 1. The zero-order valence-corrected chi connectivity index (χ0v) is 16.5. The Bertz CT molecular complexity index is 779. The SMILES string of the molecule is C=CCNS(=O)(=O)c1ccc(C(=O)OCC(=O)N2[C@@H](C)CCC[C@@H]2C)cc1. The van der Waals surface area contributed by atoms with Crippen LogP contribution in [0.4, 0.5) is 0 Å². The third-order valence-electron chi connectivity index (χ3n) is 4.63. The second-order valence-corrected chi connectivity index (χ2v) is 8.44. The minimum Gasteiger partial charge on any atom is -0.452 e. The number of ether oxygens (including phenoxy) is 1. The number of esters is 1. The van der Waals surface area contributed by atoms with Gasteiger partial charge in [0.15, 0.2) is 6.61 Å². The second kappa shape index (κ2) is 9.14. The maximum atomic E-state index is 12.4. The van der Waals surface area contributed by atoms with Crippen molar-refractivity contribution in [2.24, 2.45) is 0 Å². The van der Waals surface area contributed by atoms with Crippen LogP contribution >= 0.6 is 0 Å². The normalized spacial score (nSPS) is 20.1. The molecule has 7 nitrogen and oxygen atoms in total. The molecule has 0 aromatic heterocycles. The van der Waals surface area contributed by atoms with E-state index in [1.54, 1.807) is 4.90 Å². The van der Waals surface area contributed by atoms with Gasteiger partial charge in [0.2, 0.25) is 10.0 Å². The fraction of sp³-hybridized carbons (Fsp3) is 0.474. The van der Waals surface area contributed by atoms with Crippen molar-refractivity contribution in [3.8, 4) is 0 Å². The monoisotopic (exact) mass is 394 g/mol. The average Bonchev–Trinajstić information content (AvgIpc) is 2.64. The maximum absolute atomic E-state index is 12.4. The van der Waals surface area contributed by atoms with Gasteiger partial charge in [0.05, 0.1) is 10.5 Å². The van der Waals surface area contributed by atoms with Gasteiger partial charge < -0.3 is 9.64 Å². The number of hydrogen-bond donors (Lipinski definition) is 1. The van der Waals surface area contributed by atoms with Gasteiger partial charge in [-0.1, -0.05) is 6.08 Å². The van der Waals surface area contributed by atoms with Gasteiger partial charge in [-0.05, 0) is 57.4 Å². The van der Waals surface area contributed by atoms with Gasteiger partial charge in [-0.2, -0.15) is 0 Å². The van der Waals surface area contributed by atoms with Crippen LogP contribution in [0.5, 0.6) is 0 Å². The first kappa shape index (κ1) is 21.1. The van der Waals surface area contributed by atoms with Gasteiger partial charge in [0, 0.05) is 18.6 Å². The molecule has 1 aromatic rings. The molecule has 1 aromatic carbocycles. The molecule has 0 bridgehead atoms. The Morgan fingerprint density at radius 2 is 1.81 bits per heavy atom. The van der Waals surface area contributed by atoms with Crippen molar-refractivity contribution in [3.63, 3.8) is 0 Å². The summed E-state index contributed by atoms with van der Waals surface area (Å²) in [5.41, 5.74) is 0.185. The van der Waals surface area contributed by atoms with Crippen molar-refractivity contribution in [2.45, 2.75) is 50.1 Å². The fourth-order valence-electron chi connectivity index (χ4n) is 3.22. The number of nitrogens with zero attached hydrogens (tertiary/aromatic N) is 1. The zero-order valence-electron chi connectivity index (χ0n) is 15.7. The third-order valence-corrected chi connectivity index (χ3v) is 6.07. The Hall–Kier alpha value is -2.19. The second-order valence-electron chi connectivity index (χ2n) is 6.67. The molecule has 0 aliphatic carbocycles. The van der Waals surface area contributed by atoms with E-state index in [4.69, 9.17) is 4.74 Å². The van der Waals surface area contributed by atoms with Gasteiger partial charge in [-0.25, -0.2) is 17.9 Å². The molecule has 2 atom stereocenters. The first-order chi connectivity index (χ1) is 12.8. The summed E-state index contributed by atoms with van der Waals surface area (Å²) in [5, 5.41) is 0. The molecule has 148 valence electrons. The largest absolute Gasteiger partial charge is 0.452 e. The molecular formula is C19H26N2O5S. The Balaban J connectivity index is 1.96. The molecule has 0 saturated carbocycles. The molecule has 1 N–H and O–H groups in total. The first-order valence-corrected chi connectivity index (χ1v) is 10.4. The van der Waals surface area contributed by atoms with E-state index in [1.807, 2.05) is 13.8 Å². The Morgan fingerprint density at radius 3 is 2.37 bits per heavy atom. The highest BCUT2D eigenvalue weighted by molar-refractivity contribution is 7.89. The topological polar surface area (TPSA) is 92.8 Å². The number of sulfonamides is 1. The van der Waals surface area contributed by atoms with E-state index >= 15 is 0 Å². The highest BCUT2D eigenvalue weighted by Gasteiger charge is 2.29. The number of carbonyl (C=O) groups excluding carboxylic acids is 2. The fourth-order valence-corrected chi connectivity index (χ4v) is 4.22. The Labute approximate surface area is 160 Å². The number of amides is 1. The van der Waals surface area contributed by atoms with Crippen LogP contribution in [0.15, 0.2) is 41.8 Å². The lowest BCUT2D eigenvalue weighted by molar-refractivity contribution is -0.140. The molecular weight excluding hydrogens is 368 g/mol.